The van der Waals surface area contributed by atoms with Crippen molar-refractivity contribution in [2.75, 3.05) is 6.61 Å². The van der Waals surface area contributed by atoms with Crippen molar-refractivity contribution in [3.8, 4) is 0 Å². The zero-order valence-corrected chi connectivity index (χ0v) is 11.5. The van der Waals surface area contributed by atoms with E-state index in [1.165, 1.54) is 0 Å². The first-order chi connectivity index (χ1) is 8.36. The van der Waals surface area contributed by atoms with Gasteiger partial charge in [-0.05, 0) is 49.5 Å². The van der Waals surface area contributed by atoms with Gasteiger partial charge in [-0.15, -0.1) is 0 Å². The van der Waals surface area contributed by atoms with Gasteiger partial charge >= 0.3 is 0 Å². The molecule has 1 fully saturated rings. The molecule has 0 unspecified atom stereocenters. The van der Waals surface area contributed by atoms with Crippen LogP contribution < -0.4 is 0 Å². The van der Waals surface area contributed by atoms with E-state index in [0.29, 0.717) is 5.92 Å². The molecule has 2 aliphatic carbocycles. The van der Waals surface area contributed by atoms with Gasteiger partial charge in [0.1, 0.15) is 6.10 Å². The summed E-state index contributed by atoms with van der Waals surface area (Å²) >= 11 is 0. The second-order valence-electron chi connectivity index (χ2n) is 6.65. The molecule has 2 aliphatic rings. The van der Waals surface area contributed by atoms with Crippen LogP contribution in [0.25, 0.3) is 0 Å². The van der Waals surface area contributed by atoms with Crippen LogP contribution in [-0.4, -0.2) is 28.7 Å². The Morgan fingerprint density at radius 3 is 2.67 bits per heavy atom. The Bertz CT molecular complexity index is 370. The molecule has 0 aromatic carbocycles. The van der Waals surface area contributed by atoms with Crippen molar-refractivity contribution < 1.29 is 15.0 Å². The molecule has 3 nitrogen and oxygen atoms in total. The van der Waals surface area contributed by atoms with Crippen LogP contribution >= 0.6 is 0 Å². The highest BCUT2D eigenvalue weighted by Gasteiger charge is 2.51. The van der Waals surface area contributed by atoms with Crippen molar-refractivity contribution in [2.45, 2.75) is 46.1 Å². The van der Waals surface area contributed by atoms with Gasteiger partial charge in [0, 0.05) is 5.92 Å². The van der Waals surface area contributed by atoms with Crippen LogP contribution in [0.1, 0.15) is 40.0 Å². The standard InChI is InChI=1S/C15H24O3/c1-9-4-5-12-10(7-15(12,2)3)11(8-16)14(18)13(17)6-9/h6,10-13,16-17H,4-5,7-8H2,1-3H3/b9-6-/t10-,11+,12+,13+/m1/s1. The number of aliphatic hydroxyl groups excluding tert-OH is 2. The van der Waals surface area contributed by atoms with Gasteiger partial charge < -0.3 is 10.2 Å². The van der Waals surface area contributed by atoms with Gasteiger partial charge in [-0.2, -0.15) is 0 Å². The normalized spacial score (nSPS) is 42.7. The van der Waals surface area contributed by atoms with Crippen LogP contribution in [0.15, 0.2) is 11.6 Å². The molecule has 4 atom stereocenters. The summed E-state index contributed by atoms with van der Waals surface area (Å²) in [5, 5.41) is 19.4. The number of hydrogen-bond acceptors (Lipinski definition) is 3. The third kappa shape index (κ3) is 2.26. The lowest BCUT2D eigenvalue weighted by atomic mass is 9.50. The van der Waals surface area contributed by atoms with E-state index in [0.717, 1.165) is 24.8 Å². The van der Waals surface area contributed by atoms with Gasteiger partial charge in [0.15, 0.2) is 5.78 Å². The average Bonchev–Trinajstić information content (AvgIpc) is 2.30. The number of aliphatic hydroxyl groups is 2. The highest BCUT2D eigenvalue weighted by atomic mass is 16.3. The first kappa shape index (κ1) is 13.8. The third-order valence-electron chi connectivity index (χ3n) is 4.94. The molecule has 0 saturated heterocycles. The fourth-order valence-electron chi connectivity index (χ4n) is 3.82. The Kier molecular flexibility index (Phi) is 3.65. The maximum atomic E-state index is 12.2. The molecular formula is C15H24O3. The van der Waals surface area contributed by atoms with Crippen molar-refractivity contribution in [2.24, 2.45) is 23.2 Å². The Labute approximate surface area is 109 Å². The number of allylic oxidation sites excluding steroid dienone is 1. The van der Waals surface area contributed by atoms with Gasteiger partial charge in [0.25, 0.3) is 0 Å². The predicted molar refractivity (Wildman–Crippen MR) is 70.0 cm³/mol. The molecule has 2 rings (SSSR count). The number of Topliss-reactive ketones (excluding diaryl/α,β-unsaturated/α-hetero) is 1. The summed E-state index contributed by atoms with van der Waals surface area (Å²) in [6, 6.07) is 0. The van der Waals surface area contributed by atoms with E-state index in [1.807, 2.05) is 6.92 Å². The zero-order valence-electron chi connectivity index (χ0n) is 11.5. The molecule has 3 heteroatoms. The van der Waals surface area contributed by atoms with E-state index in [9.17, 15) is 15.0 Å². The Morgan fingerprint density at radius 1 is 1.44 bits per heavy atom. The monoisotopic (exact) mass is 252 g/mol. The maximum Gasteiger partial charge on any atom is 0.170 e. The second-order valence-corrected chi connectivity index (χ2v) is 6.65. The van der Waals surface area contributed by atoms with Crippen LogP contribution in [0.3, 0.4) is 0 Å². The number of rotatable bonds is 1. The van der Waals surface area contributed by atoms with Gasteiger partial charge in [0.2, 0.25) is 0 Å². The maximum absolute atomic E-state index is 12.2. The summed E-state index contributed by atoms with van der Waals surface area (Å²) in [6.45, 7) is 6.30. The third-order valence-corrected chi connectivity index (χ3v) is 4.94. The Hall–Kier alpha value is -0.670. The lowest BCUT2D eigenvalue weighted by Crippen LogP contribution is -2.51. The van der Waals surface area contributed by atoms with E-state index in [-0.39, 0.29) is 29.6 Å². The van der Waals surface area contributed by atoms with Crippen LogP contribution in [0, 0.1) is 23.2 Å². The molecule has 0 amide bonds. The van der Waals surface area contributed by atoms with Gasteiger partial charge in [-0.3, -0.25) is 4.79 Å². The summed E-state index contributed by atoms with van der Waals surface area (Å²) in [4.78, 5) is 12.2. The summed E-state index contributed by atoms with van der Waals surface area (Å²) in [6.07, 6.45) is 3.58. The average molecular weight is 252 g/mol. The summed E-state index contributed by atoms with van der Waals surface area (Å²) < 4.78 is 0. The van der Waals surface area contributed by atoms with Crippen LogP contribution in [0.4, 0.5) is 0 Å². The molecule has 0 heterocycles. The number of carbonyl (C=O) groups excluding carboxylic acids is 1. The van der Waals surface area contributed by atoms with E-state index < -0.39 is 6.10 Å². The van der Waals surface area contributed by atoms with E-state index in [1.54, 1.807) is 6.08 Å². The van der Waals surface area contributed by atoms with E-state index >= 15 is 0 Å². The molecular weight excluding hydrogens is 228 g/mol. The van der Waals surface area contributed by atoms with Crippen LogP contribution in [0.2, 0.25) is 0 Å². The summed E-state index contributed by atoms with van der Waals surface area (Å²) in [5.41, 5.74) is 1.34. The second kappa shape index (κ2) is 4.78. The highest BCUT2D eigenvalue weighted by molar-refractivity contribution is 5.87. The molecule has 0 bridgehead atoms. The number of hydrogen-bond donors (Lipinski definition) is 2. The van der Waals surface area contributed by atoms with E-state index in [4.69, 9.17) is 0 Å². The quantitative estimate of drug-likeness (QED) is 0.701. The minimum atomic E-state index is -1.04. The zero-order chi connectivity index (χ0) is 13.5. The fraction of sp³-hybridized carbons (Fsp3) is 0.800. The minimum Gasteiger partial charge on any atom is -0.396 e. The predicted octanol–water partition coefficient (Wildman–Crippen LogP) is 1.93. The SMILES string of the molecule is C/C1=C/[C@H](O)C(=O)[C@@H](CO)[C@H]2CC(C)(C)[C@H]2CC1. The molecule has 0 aromatic rings. The van der Waals surface area contributed by atoms with Crippen molar-refractivity contribution >= 4 is 5.78 Å². The lowest BCUT2D eigenvalue weighted by Gasteiger charge is -2.54. The molecule has 0 radical (unpaired) electrons. The molecule has 0 aromatic heterocycles. The van der Waals surface area contributed by atoms with E-state index in [2.05, 4.69) is 13.8 Å². The van der Waals surface area contributed by atoms with Crippen LogP contribution in [-0.2, 0) is 4.79 Å². The van der Waals surface area contributed by atoms with Gasteiger partial charge in [-0.1, -0.05) is 19.4 Å². The Balaban J connectivity index is 2.27. The van der Waals surface area contributed by atoms with Crippen molar-refractivity contribution in [3.05, 3.63) is 11.6 Å². The first-order valence-corrected chi connectivity index (χ1v) is 6.87. The molecule has 2 N–H and O–H groups in total. The lowest BCUT2D eigenvalue weighted by molar-refractivity contribution is -0.141. The largest absolute Gasteiger partial charge is 0.396 e. The summed E-state index contributed by atoms with van der Waals surface area (Å²) in [7, 11) is 0. The van der Waals surface area contributed by atoms with Gasteiger partial charge in [-0.25, -0.2) is 0 Å². The number of fused-ring (bicyclic) bond motifs is 1. The van der Waals surface area contributed by atoms with Crippen molar-refractivity contribution in [1.29, 1.82) is 0 Å². The van der Waals surface area contributed by atoms with Gasteiger partial charge in [0.05, 0.1) is 6.61 Å². The smallest absolute Gasteiger partial charge is 0.170 e. The first-order valence-electron chi connectivity index (χ1n) is 6.87. The molecule has 0 spiro atoms. The molecule has 102 valence electrons. The Morgan fingerprint density at radius 2 is 2.11 bits per heavy atom. The van der Waals surface area contributed by atoms with Crippen molar-refractivity contribution in [3.63, 3.8) is 0 Å². The molecule has 1 saturated carbocycles. The topological polar surface area (TPSA) is 57.5 Å². The number of carbonyl (C=O) groups is 1. The highest BCUT2D eigenvalue weighted by Crippen LogP contribution is 2.56. The molecule has 0 aliphatic heterocycles. The minimum absolute atomic E-state index is 0.139. The van der Waals surface area contributed by atoms with Crippen molar-refractivity contribution in [1.82, 2.24) is 0 Å². The summed E-state index contributed by atoms with van der Waals surface area (Å²) in [5.74, 6) is 0.128. The molecule has 18 heavy (non-hydrogen) atoms. The van der Waals surface area contributed by atoms with Crippen LogP contribution in [0.5, 0.6) is 0 Å². The number of ketones is 1. The fourth-order valence-corrected chi connectivity index (χ4v) is 3.82.